The van der Waals surface area contributed by atoms with Crippen molar-refractivity contribution in [2.75, 3.05) is 11.1 Å². The van der Waals surface area contributed by atoms with Crippen LogP contribution in [0.25, 0.3) is 0 Å². The smallest absolute Gasteiger partial charge is 0.234 e. The van der Waals surface area contributed by atoms with Crippen LogP contribution in [0.2, 0.25) is 0 Å². The van der Waals surface area contributed by atoms with Crippen molar-refractivity contribution in [3.05, 3.63) is 78.1 Å². The Balaban J connectivity index is 1.18. The Morgan fingerprint density at radius 2 is 1.81 bits per heavy atom. The minimum Gasteiger partial charge on any atom is -0.325 e. The molecule has 160 valence electrons. The molecule has 0 radical (unpaired) electrons. The van der Waals surface area contributed by atoms with Crippen LogP contribution in [0.1, 0.15) is 18.0 Å². The number of hydrogen-bond acceptors (Lipinski definition) is 7. The number of anilines is 1. The Morgan fingerprint density at radius 3 is 2.55 bits per heavy atom. The van der Waals surface area contributed by atoms with E-state index in [1.807, 2.05) is 22.3 Å². The van der Waals surface area contributed by atoms with Gasteiger partial charge in [0, 0.05) is 18.1 Å². The van der Waals surface area contributed by atoms with Gasteiger partial charge in [-0.25, -0.2) is 14.2 Å². The van der Waals surface area contributed by atoms with Gasteiger partial charge < -0.3 is 15.2 Å². The monoisotopic (exact) mass is 442 g/mol. The topological polar surface area (TPSA) is 72.0 Å². The van der Waals surface area contributed by atoms with Gasteiger partial charge >= 0.3 is 0 Å². The maximum absolute atomic E-state index is 13.2. The number of hydrogen-bond donors (Lipinski definition) is 3. The second-order valence-corrected chi connectivity index (χ2v) is 8.40. The predicted molar refractivity (Wildman–Crippen MR) is 115 cm³/mol. The molecule has 5 rings (SSSR count). The molecule has 0 aliphatic carbocycles. The molecule has 1 saturated heterocycles. The third-order valence-electron chi connectivity index (χ3n) is 5.44. The van der Waals surface area contributed by atoms with E-state index in [0.29, 0.717) is 10.9 Å². The molecule has 31 heavy (non-hydrogen) atoms. The van der Waals surface area contributed by atoms with Crippen LogP contribution in [-0.4, -0.2) is 38.9 Å². The van der Waals surface area contributed by atoms with Crippen molar-refractivity contribution < 1.29 is 13.6 Å². The van der Waals surface area contributed by atoms with E-state index in [2.05, 4.69) is 21.3 Å². The summed E-state index contributed by atoms with van der Waals surface area (Å²) >= 11 is 1.33. The number of amidine groups is 1. The summed E-state index contributed by atoms with van der Waals surface area (Å²) < 4.78 is 26.2. The van der Waals surface area contributed by atoms with E-state index in [4.69, 9.17) is 0 Å². The second-order valence-electron chi connectivity index (χ2n) is 7.46. The third-order valence-corrected chi connectivity index (χ3v) is 6.40. The molecule has 2 aromatic rings. The van der Waals surface area contributed by atoms with E-state index in [1.165, 1.54) is 48.2 Å². The maximum Gasteiger partial charge on any atom is 0.234 e. The number of thioether (sulfide) groups is 1. The van der Waals surface area contributed by atoms with Crippen molar-refractivity contribution in [1.82, 2.24) is 20.8 Å². The highest BCUT2D eigenvalue weighted by atomic mass is 32.2. The molecule has 3 aliphatic rings. The first-order valence-corrected chi connectivity index (χ1v) is 10.8. The van der Waals surface area contributed by atoms with Crippen LogP contribution >= 0.6 is 11.8 Å². The van der Waals surface area contributed by atoms with Crippen LogP contribution in [0.15, 0.2) is 66.0 Å². The van der Waals surface area contributed by atoms with E-state index < -0.39 is 0 Å². The summed E-state index contributed by atoms with van der Waals surface area (Å²) in [5, 5.41) is 9.91. The molecule has 3 atom stereocenters. The number of benzene rings is 2. The molecule has 1 amide bonds. The fraction of sp³-hybridized carbons (Fsp3) is 0.238. The largest absolute Gasteiger partial charge is 0.325 e. The molecular formula is C21H20F2N6OS. The van der Waals surface area contributed by atoms with Crippen LogP contribution < -0.4 is 16.2 Å². The zero-order chi connectivity index (χ0) is 21.4. The van der Waals surface area contributed by atoms with Crippen molar-refractivity contribution in [1.29, 1.82) is 0 Å². The Labute approximate surface area is 182 Å². The lowest BCUT2D eigenvalue weighted by atomic mass is 10.00. The molecule has 7 nitrogen and oxygen atoms in total. The van der Waals surface area contributed by atoms with Crippen molar-refractivity contribution in [2.24, 2.45) is 5.10 Å². The molecule has 0 aromatic heterocycles. The SMILES string of the molecule is O=C(CSC1=NNC2C3CC(c4ccc(F)cc4)NN3C=CN12)Nc1ccc(F)cc1. The number of hydrazone groups is 1. The molecule has 0 saturated carbocycles. The molecule has 10 heteroatoms. The zero-order valence-corrected chi connectivity index (χ0v) is 17.2. The third kappa shape index (κ3) is 4.08. The number of carbonyl (C=O) groups is 1. The highest BCUT2D eigenvalue weighted by Gasteiger charge is 2.44. The summed E-state index contributed by atoms with van der Waals surface area (Å²) in [5.41, 5.74) is 8.19. The van der Waals surface area contributed by atoms with Crippen LogP contribution in [0.5, 0.6) is 0 Å². The predicted octanol–water partition coefficient (Wildman–Crippen LogP) is 2.94. The average Bonchev–Trinajstić information content (AvgIpc) is 3.38. The minimum absolute atomic E-state index is 0.0643. The second kappa shape index (κ2) is 8.20. The molecular weight excluding hydrogens is 422 g/mol. The summed E-state index contributed by atoms with van der Waals surface area (Å²) in [7, 11) is 0. The van der Waals surface area contributed by atoms with Gasteiger partial charge in [-0.05, 0) is 48.4 Å². The summed E-state index contributed by atoms with van der Waals surface area (Å²) in [6.45, 7) is 0. The van der Waals surface area contributed by atoms with E-state index in [1.54, 1.807) is 12.1 Å². The van der Waals surface area contributed by atoms with Gasteiger partial charge in [0.15, 0.2) is 5.17 Å². The van der Waals surface area contributed by atoms with Gasteiger partial charge in [-0.3, -0.25) is 10.2 Å². The van der Waals surface area contributed by atoms with Crippen molar-refractivity contribution in [2.45, 2.75) is 24.7 Å². The molecule has 3 heterocycles. The first kappa shape index (κ1) is 19.8. The van der Waals surface area contributed by atoms with Crippen molar-refractivity contribution >= 4 is 28.5 Å². The number of hydrazine groups is 1. The van der Waals surface area contributed by atoms with Crippen LogP contribution in [-0.2, 0) is 4.79 Å². The normalized spacial score (nSPS) is 23.8. The minimum atomic E-state index is -0.348. The summed E-state index contributed by atoms with van der Waals surface area (Å²) in [6, 6.07) is 12.4. The standard InChI is InChI=1S/C21H20F2N6OS/c22-14-3-1-13(2-4-14)17-11-18-20-25-26-21(28(20)9-10-29(18)27-17)31-12-19(30)24-16-7-5-15(23)6-8-16/h1-10,17-18,20,25,27H,11-12H2,(H,24,30). The molecule has 2 aromatic carbocycles. The van der Waals surface area contributed by atoms with Crippen LogP contribution in [0, 0.1) is 11.6 Å². The molecule has 1 fully saturated rings. The molecule has 3 unspecified atom stereocenters. The summed E-state index contributed by atoms with van der Waals surface area (Å²) in [6.07, 6.45) is 4.63. The quantitative estimate of drug-likeness (QED) is 0.677. The average molecular weight is 442 g/mol. The van der Waals surface area contributed by atoms with Crippen molar-refractivity contribution in [3.8, 4) is 0 Å². The van der Waals surface area contributed by atoms with Gasteiger partial charge in [0.05, 0.1) is 17.8 Å². The highest BCUT2D eigenvalue weighted by Crippen LogP contribution is 2.35. The number of nitrogens with zero attached hydrogens (tertiary/aromatic N) is 3. The number of rotatable bonds is 4. The van der Waals surface area contributed by atoms with Gasteiger partial charge in [-0.1, -0.05) is 23.9 Å². The highest BCUT2D eigenvalue weighted by molar-refractivity contribution is 8.14. The van der Waals surface area contributed by atoms with E-state index in [0.717, 1.165) is 12.0 Å². The van der Waals surface area contributed by atoms with Crippen LogP contribution in [0.3, 0.4) is 0 Å². The Kier molecular flexibility index (Phi) is 5.24. The van der Waals surface area contributed by atoms with E-state index in [9.17, 15) is 13.6 Å². The van der Waals surface area contributed by atoms with Gasteiger partial charge in [0.1, 0.15) is 17.8 Å². The molecule has 3 N–H and O–H groups in total. The fourth-order valence-corrected chi connectivity index (χ4v) is 4.70. The van der Waals surface area contributed by atoms with Gasteiger partial charge in [0.2, 0.25) is 5.91 Å². The van der Waals surface area contributed by atoms with Gasteiger partial charge in [-0.2, -0.15) is 5.10 Å². The lowest BCUT2D eigenvalue weighted by molar-refractivity contribution is -0.113. The number of nitrogens with one attached hydrogen (secondary N) is 3. The molecule has 0 bridgehead atoms. The first-order chi connectivity index (χ1) is 15.1. The number of carbonyl (C=O) groups excluding carboxylic acids is 1. The zero-order valence-electron chi connectivity index (χ0n) is 16.3. The molecule has 0 spiro atoms. The summed E-state index contributed by atoms with van der Waals surface area (Å²) in [4.78, 5) is 14.3. The lowest BCUT2D eigenvalue weighted by Gasteiger charge is -2.36. The lowest BCUT2D eigenvalue weighted by Crippen LogP contribution is -2.54. The Bertz CT molecular complexity index is 1030. The van der Waals surface area contributed by atoms with Crippen molar-refractivity contribution in [3.63, 3.8) is 0 Å². The Morgan fingerprint density at radius 1 is 1.10 bits per heavy atom. The number of fused-ring (bicyclic) bond motifs is 3. The maximum atomic E-state index is 13.2. The molecule has 3 aliphatic heterocycles. The van der Waals surface area contributed by atoms with Gasteiger partial charge in [0.25, 0.3) is 0 Å². The van der Waals surface area contributed by atoms with E-state index in [-0.39, 0.29) is 41.5 Å². The van der Waals surface area contributed by atoms with E-state index >= 15 is 0 Å². The van der Waals surface area contributed by atoms with Gasteiger partial charge in [-0.15, -0.1) is 0 Å². The Hall–Kier alpha value is -3.11. The number of amides is 1. The fourth-order valence-electron chi connectivity index (χ4n) is 3.92. The number of halogens is 2. The first-order valence-electron chi connectivity index (χ1n) is 9.85. The van der Waals surface area contributed by atoms with Crippen LogP contribution in [0.4, 0.5) is 14.5 Å². The summed E-state index contributed by atoms with van der Waals surface area (Å²) in [5.74, 6) is -0.607.